The molecule has 2 rings (SSSR count). The van der Waals surface area contributed by atoms with Crippen LogP contribution in [-0.4, -0.2) is 24.6 Å². The molecule has 0 aliphatic carbocycles. The maximum absolute atomic E-state index is 13.2. The highest BCUT2D eigenvalue weighted by atomic mass is 35.5. The normalized spacial score (nSPS) is 12.5. The van der Waals surface area contributed by atoms with Crippen LogP contribution in [0.2, 0.25) is 5.02 Å². The molecule has 0 fully saturated rings. The van der Waals surface area contributed by atoms with Crippen molar-refractivity contribution in [2.45, 2.75) is 24.8 Å². The number of nitrogens with zero attached hydrogens (tertiary/aromatic N) is 2. The predicted molar refractivity (Wildman–Crippen MR) is 99.3 cm³/mol. The second-order valence-electron chi connectivity index (χ2n) is 5.39. The molecule has 0 heterocycles. The maximum atomic E-state index is 13.2. The van der Waals surface area contributed by atoms with Crippen LogP contribution in [0.1, 0.15) is 12.5 Å². The molecule has 0 bridgehead atoms. The Morgan fingerprint density at radius 1 is 1.19 bits per heavy atom. The number of hydrogen-bond donors (Lipinski definition) is 0. The van der Waals surface area contributed by atoms with Gasteiger partial charge < -0.3 is 0 Å². The van der Waals surface area contributed by atoms with E-state index >= 15 is 0 Å². The Morgan fingerprint density at radius 3 is 2.38 bits per heavy atom. The first-order valence-corrected chi connectivity index (χ1v) is 9.51. The van der Waals surface area contributed by atoms with E-state index in [0.717, 1.165) is 16.4 Å². The lowest BCUT2D eigenvalue weighted by molar-refractivity contribution is -0.387. The van der Waals surface area contributed by atoms with Crippen LogP contribution in [0.3, 0.4) is 0 Å². The molecule has 0 aromatic heterocycles. The van der Waals surface area contributed by atoms with E-state index in [2.05, 4.69) is 0 Å². The first-order chi connectivity index (χ1) is 12.1. The Kier molecular flexibility index (Phi) is 5.90. The van der Waals surface area contributed by atoms with Gasteiger partial charge in [-0.25, -0.2) is 8.42 Å². The van der Waals surface area contributed by atoms with Crippen LogP contribution >= 0.6 is 23.2 Å². The molecule has 2 aromatic rings. The van der Waals surface area contributed by atoms with Crippen LogP contribution in [-0.2, 0) is 14.8 Å². The molecular formula is C16H14Cl2N2O5S. The molecule has 0 aliphatic rings. The van der Waals surface area contributed by atoms with E-state index in [4.69, 9.17) is 23.2 Å². The van der Waals surface area contributed by atoms with Gasteiger partial charge in [-0.1, -0.05) is 29.8 Å². The Hall–Kier alpha value is -2.16. The van der Waals surface area contributed by atoms with E-state index in [1.54, 1.807) is 13.0 Å². The molecule has 0 N–H and O–H groups in total. The third kappa shape index (κ3) is 3.67. The quantitative estimate of drug-likeness (QED) is 0.403. The van der Waals surface area contributed by atoms with Gasteiger partial charge in [0.2, 0.25) is 5.24 Å². The summed E-state index contributed by atoms with van der Waals surface area (Å²) in [6.07, 6.45) is 0. The number of benzene rings is 2. The second kappa shape index (κ2) is 7.61. The van der Waals surface area contributed by atoms with Gasteiger partial charge in [0.15, 0.2) is 4.90 Å². The van der Waals surface area contributed by atoms with E-state index in [0.29, 0.717) is 5.56 Å². The van der Waals surface area contributed by atoms with Gasteiger partial charge in [0.1, 0.15) is 6.04 Å². The summed E-state index contributed by atoms with van der Waals surface area (Å²) in [4.78, 5) is 21.7. The van der Waals surface area contributed by atoms with Crippen LogP contribution < -0.4 is 4.31 Å². The molecule has 0 saturated carbocycles. The van der Waals surface area contributed by atoms with Crippen LogP contribution in [0.4, 0.5) is 11.4 Å². The van der Waals surface area contributed by atoms with Crippen LogP contribution in [0.25, 0.3) is 0 Å². The second-order valence-corrected chi connectivity index (χ2v) is 7.95. The molecule has 7 nitrogen and oxygen atoms in total. The molecule has 138 valence electrons. The molecule has 0 radical (unpaired) electrons. The minimum absolute atomic E-state index is 0.108. The molecule has 0 aliphatic heterocycles. The lowest BCUT2D eigenvalue weighted by Gasteiger charge is -2.29. The van der Waals surface area contributed by atoms with E-state index in [1.165, 1.54) is 31.2 Å². The SMILES string of the molecule is Cc1c(Cl)cccc1N(C(C)C(=O)Cl)S(=O)(=O)c1ccccc1[N+](=O)[O-]. The highest BCUT2D eigenvalue weighted by Gasteiger charge is 2.37. The first kappa shape index (κ1) is 20.2. The van der Waals surface area contributed by atoms with Crippen molar-refractivity contribution in [1.29, 1.82) is 0 Å². The number of hydrogen-bond acceptors (Lipinski definition) is 5. The Balaban J connectivity index is 2.80. The number of carbonyl (C=O) groups is 1. The van der Waals surface area contributed by atoms with Crippen molar-refractivity contribution in [1.82, 2.24) is 0 Å². The number of carbonyl (C=O) groups excluding carboxylic acids is 1. The van der Waals surface area contributed by atoms with Crippen LogP contribution in [0, 0.1) is 17.0 Å². The monoisotopic (exact) mass is 416 g/mol. The fraction of sp³-hybridized carbons (Fsp3) is 0.188. The molecule has 10 heteroatoms. The lowest BCUT2D eigenvalue weighted by atomic mass is 10.2. The first-order valence-electron chi connectivity index (χ1n) is 7.31. The van der Waals surface area contributed by atoms with Crippen molar-refractivity contribution in [2.75, 3.05) is 4.31 Å². The molecule has 1 unspecified atom stereocenters. The minimum atomic E-state index is -4.49. The lowest BCUT2D eigenvalue weighted by Crippen LogP contribution is -2.42. The molecule has 0 spiro atoms. The van der Waals surface area contributed by atoms with Crippen molar-refractivity contribution in [3.8, 4) is 0 Å². The van der Waals surface area contributed by atoms with Gasteiger partial charge >= 0.3 is 0 Å². The average Bonchev–Trinajstić information content (AvgIpc) is 2.58. The van der Waals surface area contributed by atoms with E-state index in [9.17, 15) is 23.3 Å². The summed E-state index contributed by atoms with van der Waals surface area (Å²) in [5.74, 6) is 0. The van der Waals surface area contributed by atoms with Crippen LogP contribution in [0.15, 0.2) is 47.4 Å². The summed E-state index contributed by atoms with van der Waals surface area (Å²) in [6.45, 7) is 2.87. The highest BCUT2D eigenvalue weighted by Crippen LogP contribution is 2.35. The van der Waals surface area contributed by atoms with Gasteiger partial charge in [-0.2, -0.15) is 0 Å². The summed E-state index contributed by atoms with van der Waals surface area (Å²) >= 11 is 11.6. The Labute approximate surface area is 160 Å². The standard InChI is InChI=1S/C16H14Cl2N2O5S/c1-10-12(17)6-5-8-13(10)19(11(2)16(18)21)26(24,25)15-9-4-3-7-14(15)20(22)23/h3-9,11H,1-2H3. The third-order valence-electron chi connectivity index (χ3n) is 3.76. The van der Waals surface area contributed by atoms with Crippen molar-refractivity contribution in [3.05, 3.63) is 63.2 Å². The number of nitro benzene ring substituents is 1. The fourth-order valence-corrected chi connectivity index (χ4v) is 4.57. The van der Waals surface area contributed by atoms with Gasteiger partial charge in [0, 0.05) is 11.1 Å². The number of halogens is 2. The van der Waals surface area contributed by atoms with Crippen LogP contribution in [0.5, 0.6) is 0 Å². The molecule has 2 aromatic carbocycles. The summed E-state index contributed by atoms with van der Waals surface area (Å²) < 4.78 is 27.2. The molecule has 26 heavy (non-hydrogen) atoms. The average molecular weight is 417 g/mol. The van der Waals surface area contributed by atoms with Gasteiger partial charge in [-0.05, 0) is 49.2 Å². The zero-order valence-electron chi connectivity index (χ0n) is 13.7. The van der Waals surface area contributed by atoms with Gasteiger partial charge in [0.25, 0.3) is 15.7 Å². The number of rotatable bonds is 6. The van der Waals surface area contributed by atoms with Crippen molar-refractivity contribution in [2.24, 2.45) is 0 Å². The molecule has 1 atom stereocenters. The number of nitro groups is 1. The summed E-state index contributed by atoms with van der Waals surface area (Å²) in [6, 6.07) is 8.09. The van der Waals surface area contributed by atoms with E-state index in [1.807, 2.05) is 0 Å². The van der Waals surface area contributed by atoms with Crippen molar-refractivity contribution in [3.63, 3.8) is 0 Å². The summed E-state index contributed by atoms with van der Waals surface area (Å²) in [5.41, 5.74) is -0.107. The van der Waals surface area contributed by atoms with E-state index < -0.39 is 36.8 Å². The fourth-order valence-electron chi connectivity index (χ4n) is 2.41. The predicted octanol–water partition coefficient (Wildman–Crippen LogP) is 3.91. The largest absolute Gasteiger partial charge is 0.289 e. The van der Waals surface area contributed by atoms with Gasteiger partial charge in [0.05, 0.1) is 10.6 Å². The third-order valence-corrected chi connectivity index (χ3v) is 6.41. The minimum Gasteiger partial charge on any atom is -0.279 e. The van der Waals surface area contributed by atoms with Crippen molar-refractivity contribution >= 4 is 49.8 Å². The Morgan fingerprint density at radius 2 is 1.81 bits per heavy atom. The molecule has 0 saturated heterocycles. The maximum Gasteiger partial charge on any atom is 0.289 e. The summed E-state index contributed by atoms with van der Waals surface area (Å²) in [5, 5.41) is 10.6. The van der Waals surface area contributed by atoms with E-state index in [-0.39, 0.29) is 10.7 Å². The Bertz CT molecular complexity index is 978. The number of para-hydroxylation sites is 1. The zero-order chi connectivity index (χ0) is 19.6. The topological polar surface area (TPSA) is 97.6 Å². The van der Waals surface area contributed by atoms with Crippen molar-refractivity contribution < 1.29 is 18.1 Å². The van der Waals surface area contributed by atoms with Gasteiger partial charge in [-0.3, -0.25) is 19.2 Å². The summed E-state index contributed by atoms with van der Waals surface area (Å²) in [7, 11) is -4.49. The smallest absolute Gasteiger partial charge is 0.279 e. The number of anilines is 1. The zero-order valence-corrected chi connectivity index (χ0v) is 16.0. The molecule has 0 amide bonds. The highest BCUT2D eigenvalue weighted by molar-refractivity contribution is 7.93. The van der Waals surface area contributed by atoms with Gasteiger partial charge in [-0.15, -0.1) is 0 Å². The molecular weight excluding hydrogens is 403 g/mol. The number of sulfonamides is 1.